The number of nitrogens with one attached hydrogen (secondary N) is 1. The molecule has 0 aliphatic heterocycles. The van der Waals surface area contributed by atoms with E-state index in [0.717, 1.165) is 11.3 Å². The minimum Gasteiger partial charge on any atom is -0.473 e. The maximum atomic E-state index is 13.7. The van der Waals surface area contributed by atoms with Gasteiger partial charge >= 0.3 is 0 Å². The Balaban J connectivity index is 2.19. The van der Waals surface area contributed by atoms with Crippen molar-refractivity contribution in [2.75, 3.05) is 5.32 Å². The van der Waals surface area contributed by atoms with Gasteiger partial charge in [0.1, 0.15) is 5.82 Å². The molecule has 1 unspecified atom stereocenters. The smallest absolute Gasteiger partial charge is 0.237 e. The lowest BCUT2D eigenvalue weighted by Gasteiger charge is -2.19. The minimum atomic E-state index is -0.189. The van der Waals surface area contributed by atoms with Gasteiger partial charge in [0.05, 0.1) is 11.8 Å². The molecule has 0 saturated heterocycles. The van der Waals surface area contributed by atoms with Crippen LogP contribution in [0.25, 0.3) is 0 Å². The van der Waals surface area contributed by atoms with Gasteiger partial charge in [-0.3, -0.25) is 0 Å². The first kappa shape index (κ1) is 15.3. The highest BCUT2D eigenvalue weighted by molar-refractivity contribution is 5.53. The second-order valence-electron chi connectivity index (χ2n) is 5.40. The van der Waals surface area contributed by atoms with Crippen molar-refractivity contribution < 1.29 is 9.13 Å². The van der Waals surface area contributed by atoms with Crippen molar-refractivity contribution in [1.29, 1.82) is 0 Å². The standard InChI is InChI=1S/C17H21FN2O/c1-11(2)21-17-16(6-5-9-19-17)20-13(4)14-8-7-12(3)15(18)10-14/h5-11,13,20H,1-4H3. The summed E-state index contributed by atoms with van der Waals surface area (Å²) in [6, 6.07) is 8.99. The molecular weight excluding hydrogens is 267 g/mol. The number of hydrogen-bond acceptors (Lipinski definition) is 3. The van der Waals surface area contributed by atoms with Crippen molar-refractivity contribution in [2.45, 2.75) is 39.8 Å². The molecule has 0 radical (unpaired) electrons. The van der Waals surface area contributed by atoms with Crippen molar-refractivity contribution >= 4 is 5.69 Å². The molecule has 0 aliphatic carbocycles. The molecule has 2 aromatic rings. The fraction of sp³-hybridized carbons (Fsp3) is 0.353. The molecule has 0 fully saturated rings. The topological polar surface area (TPSA) is 34.2 Å². The number of aryl methyl sites for hydroxylation is 1. The Labute approximate surface area is 125 Å². The normalized spacial score (nSPS) is 12.3. The predicted molar refractivity (Wildman–Crippen MR) is 83.2 cm³/mol. The number of aromatic nitrogens is 1. The molecule has 1 aromatic carbocycles. The third-order valence-corrected chi connectivity index (χ3v) is 3.19. The van der Waals surface area contributed by atoms with E-state index in [2.05, 4.69) is 10.3 Å². The lowest BCUT2D eigenvalue weighted by atomic mass is 10.1. The zero-order chi connectivity index (χ0) is 15.4. The fourth-order valence-corrected chi connectivity index (χ4v) is 2.01. The van der Waals surface area contributed by atoms with Crippen LogP contribution in [0, 0.1) is 12.7 Å². The SMILES string of the molecule is Cc1ccc(C(C)Nc2cccnc2OC(C)C)cc1F. The third kappa shape index (κ3) is 3.94. The molecule has 4 heteroatoms. The molecule has 21 heavy (non-hydrogen) atoms. The summed E-state index contributed by atoms with van der Waals surface area (Å²) in [6.07, 6.45) is 1.74. The van der Waals surface area contributed by atoms with E-state index >= 15 is 0 Å². The summed E-state index contributed by atoms with van der Waals surface area (Å²) in [6.45, 7) is 7.65. The second-order valence-corrected chi connectivity index (χ2v) is 5.40. The summed E-state index contributed by atoms with van der Waals surface area (Å²) >= 11 is 0. The van der Waals surface area contributed by atoms with Gasteiger partial charge in [-0.05, 0) is 57.0 Å². The highest BCUT2D eigenvalue weighted by Gasteiger charge is 2.12. The molecule has 1 aromatic heterocycles. The van der Waals surface area contributed by atoms with Crippen LogP contribution in [0.4, 0.5) is 10.1 Å². The Bertz CT molecular complexity index is 613. The van der Waals surface area contributed by atoms with Gasteiger partial charge in [-0.2, -0.15) is 0 Å². The molecule has 0 spiro atoms. The van der Waals surface area contributed by atoms with Crippen LogP contribution < -0.4 is 10.1 Å². The maximum absolute atomic E-state index is 13.7. The Hall–Kier alpha value is -2.10. The Kier molecular flexibility index (Phi) is 4.78. The molecule has 0 bridgehead atoms. The first-order chi connectivity index (χ1) is 9.97. The van der Waals surface area contributed by atoms with Gasteiger partial charge in [0.15, 0.2) is 0 Å². The molecule has 0 aliphatic rings. The van der Waals surface area contributed by atoms with Gasteiger partial charge in [-0.15, -0.1) is 0 Å². The molecule has 0 amide bonds. The van der Waals surface area contributed by atoms with Crippen molar-refractivity contribution in [1.82, 2.24) is 4.98 Å². The largest absolute Gasteiger partial charge is 0.473 e. The number of hydrogen-bond donors (Lipinski definition) is 1. The molecule has 3 nitrogen and oxygen atoms in total. The van der Waals surface area contributed by atoms with Crippen LogP contribution in [-0.4, -0.2) is 11.1 Å². The van der Waals surface area contributed by atoms with Crippen LogP contribution in [0.5, 0.6) is 5.88 Å². The highest BCUT2D eigenvalue weighted by Crippen LogP contribution is 2.27. The van der Waals surface area contributed by atoms with E-state index in [9.17, 15) is 4.39 Å². The van der Waals surface area contributed by atoms with Crippen LogP contribution in [0.1, 0.15) is 37.9 Å². The number of halogens is 1. The highest BCUT2D eigenvalue weighted by atomic mass is 19.1. The Morgan fingerprint density at radius 1 is 1.19 bits per heavy atom. The van der Waals surface area contributed by atoms with E-state index in [4.69, 9.17) is 4.74 Å². The number of anilines is 1. The van der Waals surface area contributed by atoms with Crippen LogP contribution in [0.15, 0.2) is 36.5 Å². The summed E-state index contributed by atoms with van der Waals surface area (Å²) in [4.78, 5) is 4.24. The molecule has 1 heterocycles. The number of pyridine rings is 1. The van der Waals surface area contributed by atoms with Gasteiger partial charge in [0, 0.05) is 12.2 Å². The number of rotatable bonds is 5. The minimum absolute atomic E-state index is 0.0428. The fourth-order valence-electron chi connectivity index (χ4n) is 2.01. The van der Waals surface area contributed by atoms with E-state index in [1.807, 2.05) is 39.0 Å². The molecule has 0 saturated carbocycles. The van der Waals surface area contributed by atoms with Crippen LogP contribution in [0.3, 0.4) is 0 Å². The average molecular weight is 288 g/mol. The van der Waals surface area contributed by atoms with Crippen LogP contribution >= 0.6 is 0 Å². The lowest BCUT2D eigenvalue weighted by molar-refractivity contribution is 0.234. The van der Waals surface area contributed by atoms with Gasteiger partial charge in [0.25, 0.3) is 0 Å². The van der Waals surface area contributed by atoms with E-state index in [1.54, 1.807) is 25.3 Å². The third-order valence-electron chi connectivity index (χ3n) is 3.19. The van der Waals surface area contributed by atoms with Crippen molar-refractivity contribution in [3.8, 4) is 5.88 Å². The Morgan fingerprint density at radius 3 is 2.62 bits per heavy atom. The summed E-state index contributed by atoms with van der Waals surface area (Å²) < 4.78 is 19.3. The molecule has 1 N–H and O–H groups in total. The van der Waals surface area contributed by atoms with E-state index in [1.165, 1.54) is 0 Å². The quantitative estimate of drug-likeness (QED) is 0.880. The molecular formula is C17H21FN2O. The Morgan fingerprint density at radius 2 is 1.95 bits per heavy atom. The average Bonchev–Trinajstić information content (AvgIpc) is 2.43. The van der Waals surface area contributed by atoms with Crippen molar-refractivity contribution in [3.05, 3.63) is 53.5 Å². The number of ether oxygens (including phenoxy) is 1. The zero-order valence-electron chi connectivity index (χ0n) is 12.9. The van der Waals surface area contributed by atoms with Gasteiger partial charge in [0.2, 0.25) is 5.88 Å². The number of nitrogens with zero attached hydrogens (tertiary/aromatic N) is 1. The summed E-state index contributed by atoms with van der Waals surface area (Å²) in [5.74, 6) is 0.373. The summed E-state index contributed by atoms with van der Waals surface area (Å²) in [7, 11) is 0. The number of benzene rings is 1. The van der Waals surface area contributed by atoms with E-state index in [0.29, 0.717) is 11.4 Å². The van der Waals surface area contributed by atoms with Gasteiger partial charge in [-0.1, -0.05) is 12.1 Å². The second kappa shape index (κ2) is 6.57. The summed E-state index contributed by atoms with van der Waals surface area (Å²) in [5, 5.41) is 3.32. The summed E-state index contributed by atoms with van der Waals surface area (Å²) in [5.41, 5.74) is 2.34. The molecule has 1 atom stereocenters. The predicted octanol–water partition coefficient (Wildman–Crippen LogP) is 4.49. The monoisotopic (exact) mass is 288 g/mol. The van der Waals surface area contributed by atoms with Gasteiger partial charge < -0.3 is 10.1 Å². The molecule has 112 valence electrons. The molecule has 2 rings (SSSR count). The van der Waals surface area contributed by atoms with Gasteiger partial charge in [-0.25, -0.2) is 9.37 Å². The zero-order valence-corrected chi connectivity index (χ0v) is 12.9. The van der Waals surface area contributed by atoms with Crippen molar-refractivity contribution in [3.63, 3.8) is 0 Å². The lowest BCUT2D eigenvalue weighted by Crippen LogP contribution is -2.12. The first-order valence-corrected chi connectivity index (χ1v) is 7.11. The van der Waals surface area contributed by atoms with Crippen molar-refractivity contribution in [2.24, 2.45) is 0 Å². The first-order valence-electron chi connectivity index (χ1n) is 7.11. The van der Waals surface area contributed by atoms with Crippen LogP contribution in [-0.2, 0) is 0 Å². The van der Waals surface area contributed by atoms with E-state index in [-0.39, 0.29) is 18.0 Å². The maximum Gasteiger partial charge on any atom is 0.237 e. The van der Waals surface area contributed by atoms with E-state index < -0.39 is 0 Å². The van der Waals surface area contributed by atoms with Crippen LogP contribution in [0.2, 0.25) is 0 Å².